The molecule has 0 aliphatic carbocycles. The molecule has 0 unspecified atom stereocenters. The first-order valence-corrected chi connectivity index (χ1v) is 3.17. The van der Waals surface area contributed by atoms with Crippen molar-refractivity contribution in [2.45, 2.75) is 6.92 Å². The minimum atomic E-state index is 0.535. The molecule has 0 heterocycles. The van der Waals surface area contributed by atoms with Crippen molar-refractivity contribution in [1.29, 1.82) is 0 Å². The number of nitrogens with zero attached hydrogens (tertiary/aromatic N) is 1. The summed E-state index contributed by atoms with van der Waals surface area (Å²) in [5, 5.41) is 3.02. The molecule has 0 aliphatic heterocycles. The molecule has 0 radical (unpaired) electrons. The van der Waals surface area contributed by atoms with Crippen molar-refractivity contribution in [2.75, 3.05) is 19.6 Å². The predicted molar refractivity (Wildman–Crippen MR) is 36.6 cm³/mol. The minimum absolute atomic E-state index is 0.535. The van der Waals surface area contributed by atoms with E-state index in [0.717, 1.165) is 6.54 Å². The van der Waals surface area contributed by atoms with Gasteiger partial charge in [0.05, 0.1) is 13.6 Å². The van der Waals surface area contributed by atoms with Crippen LogP contribution in [0.15, 0.2) is 0 Å². The SMILES string of the molecule is CCN/C=[N+](/C)CCl. The van der Waals surface area contributed by atoms with Crippen LogP contribution in [0.2, 0.25) is 0 Å². The van der Waals surface area contributed by atoms with Gasteiger partial charge in [0.1, 0.15) is 0 Å². The van der Waals surface area contributed by atoms with Gasteiger partial charge >= 0.3 is 0 Å². The molecule has 0 fully saturated rings. The summed E-state index contributed by atoms with van der Waals surface area (Å²) in [6.45, 7) is 2.99. The Hall–Kier alpha value is -0.240. The van der Waals surface area contributed by atoms with Crippen LogP contribution in [-0.4, -0.2) is 30.5 Å². The molecule has 0 bridgehead atoms. The fourth-order valence-electron chi connectivity index (χ4n) is 0.282. The molecule has 0 saturated heterocycles. The number of rotatable bonds is 3. The maximum atomic E-state index is 5.44. The summed E-state index contributed by atoms with van der Waals surface area (Å²) in [6.07, 6.45) is 1.85. The first kappa shape index (κ1) is 7.76. The number of hydrogen-bond acceptors (Lipinski definition) is 0. The normalized spacial score (nSPS) is 11.6. The zero-order chi connectivity index (χ0) is 6.41. The molecule has 3 heteroatoms. The van der Waals surface area contributed by atoms with Gasteiger partial charge in [0.2, 0.25) is 6.34 Å². The predicted octanol–water partition coefficient (Wildman–Crippen LogP) is 0.463. The third-order valence-corrected chi connectivity index (χ3v) is 1.08. The zero-order valence-corrected chi connectivity index (χ0v) is 6.07. The van der Waals surface area contributed by atoms with Crippen LogP contribution in [0, 0.1) is 0 Å². The molecule has 0 saturated carbocycles. The lowest BCUT2D eigenvalue weighted by Crippen LogP contribution is -2.18. The topological polar surface area (TPSA) is 15.0 Å². The van der Waals surface area contributed by atoms with Gasteiger partial charge in [-0.2, -0.15) is 0 Å². The largest absolute Gasteiger partial charge is 0.281 e. The molecule has 2 nitrogen and oxygen atoms in total. The van der Waals surface area contributed by atoms with E-state index in [1.165, 1.54) is 0 Å². The van der Waals surface area contributed by atoms with Crippen LogP contribution < -0.4 is 5.32 Å². The number of nitrogens with one attached hydrogen (secondary N) is 1. The van der Waals surface area contributed by atoms with Gasteiger partial charge in [0, 0.05) is 0 Å². The Morgan fingerprint density at radius 1 is 1.75 bits per heavy atom. The first-order chi connectivity index (χ1) is 3.81. The summed E-state index contributed by atoms with van der Waals surface area (Å²) in [7, 11) is 1.91. The van der Waals surface area contributed by atoms with Gasteiger partial charge in [-0.15, -0.1) is 0 Å². The summed E-state index contributed by atoms with van der Waals surface area (Å²) in [4.78, 5) is 0. The van der Waals surface area contributed by atoms with Crippen molar-refractivity contribution in [3.63, 3.8) is 0 Å². The van der Waals surface area contributed by atoms with Gasteiger partial charge in [-0.1, -0.05) is 11.6 Å². The van der Waals surface area contributed by atoms with Crippen LogP contribution in [0.3, 0.4) is 0 Å². The van der Waals surface area contributed by atoms with Crippen molar-refractivity contribution in [2.24, 2.45) is 0 Å². The molecular weight excluding hydrogens is 124 g/mol. The van der Waals surface area contributed by atoms with Crippen LogP contribution in [0.25, 0.3) is 0 Å². The first-order valence-electron chi connectivity index (χ1n) is 2.64. The number of hydrogen-bond donors (Lipinski definition) is 1. The van der Waals surface area contributed by atoms with Crippen molar-refractivity contribution in [3.8, 4) is 0 Å². The fraction of sp³-hybridized carbons (Fsp3) is 0.800. The average Bonchev–Trinajstić information content (AvgIpc) is 1.83. The van der Waals surface area contributed by atoms with Crippen LogP contribution >= 0.6 is 11.6 Å². The molecular formula is C5H12ClN2+. The summed E-state index contributed by atoms with van der Waals surface area (Å²) >= 11 is 5.44. The molecule has 8 heavy (non-hydrogen) atoms. The zero-order valence-electron chi connectivity index (χ0n) is 5.32. The molecule has 0 aromatic heterocycles. The van der Waals surface area contributed by atoms with Crippen LogP contribution in [0.5, 0.6) is 0 Å². The highest BCUT2D eigenvalue weighted by Gasteiger charge is 1.83. The van der Waals surface area contributed by atoms with E-state index in [9.17, 15) is 0 Å². The Balaban J connectivity index is 3.26. The molecule has 0 rings (SSSR count). The van der Waals surface area contributed by atoms with E-state index in [1.807, 2.05) is 24.9 Å². The average molecular weight is 136 g/mol. The molecule has 0 spiro atoms. The molecule has 0 atom stereocenters. The highest BCUT2D eigenvalue weighted by atomic mass is 35.5. The Bertz CT molecular complexity index is 80.5. The third kappa shape index (κ3) is 3.93. The van der Waals surface area contributed by atoms with E-state index in [-0.39, 0.29) is 0 Å². The van der Waals surface area contributed by atoms with E-state index >= 15 is 0 Å². The van der Waals surface area contributed by atoms with Gasteiger partial charge in [0.15, 0.2) is 6.00 Å². The minimum Gasteiger partial charge on any atom is -0.281 e. The van der Waals surface area contributed by atoms with Crippen LogP contribution in [-0.2, 0) is 0 Å². The number of halogens is 1. The molecule has 0 amide bonds. The Morgan fingerprint density at radius 2 is 2.38 bits per heavy atom. The van der Waals surface area contributed by atoms with E-state index in [2.05, 4.69) is 5.32 Å². The fourth-order valence-corrected chi connectivity index (χ4v) is 0.351. The summed E-state index contributed by atoms with van der Waals surface area (Å²) in [6, 6.07) is 0.535. The van der Waals surface area contributed by atoms with Gasteiger partial charge in [-0.05, 0) is 6.92 Å². The second-order valence-corrected chi connectivity index (χ2v) is 1.80. The lowest BCUT2D eigenvalue weighted by molar-refractivity contribution is -0.474. The Kier molecular flexibility index (Phi) is 4.76. The lowest BCUT2D eigenvalue weighted by atomic mass is 10.8. The van der Waals surface area contributed by atoms with E-state index in [1.54, 1.807) is 0 Å². The molecule has 0 aromatic carbocycles. The van der Waals surface area contributed by atoms with E-state index < -0.39 is 0 Å². The molecule has 48 valence electrons. The van der Waals surface area contributed by atoms with Gasteiger partial charge in [0.25, 0.3) is 0 Å². The quantitative estimate of drug-likeness (QED) is 0.195. The highest BCUT2D eigenvalue weighted by molar-refractivity contribution is 6.16. The maximum absolute atomic E-state index is 5.44. The molecule has 0 aromatic rings. The Labute approximate surface area is 55.2 Å². The monoisotopic (exact) mass is 135 g/mol. The summed E-state index contributed by atoms with van der Waals surface area (Å²) in [5.41, 5.74) is 0. The van der Waals surface area contributed by atoms with Gasteiger partial charge in [-0.3, -0.25) is 9.89 Å². The summed E-state index contributed by atoms with van der Waals surface area (Å²) in [5.74, 6) is 0. The van der Waals surface area contributed by atoms with Crippen LogP contribution in [0.4, 0.5) is 0 Å². The second-order valence-electron chi connectivity index (χ2n) is 1.56. The van der Waals surface area contributed by atoms with Crippen molar-refractivity contribution < 1.29 is 4.58 Å². The van der Waals surface area contributed by atoms with Crippen molar-refractivity contribution >= 4 is 17.9 Å². The highest BCUT2D eigenvalue weighted by Crippen LogP contribution is 1.69. The second kappa shape index (κ2) is 4.91. The standard InChI is InChI=1S/C5H11ClN2/c1-3-7-5-8(2)4-6/h5H,3-4H2,1-2H3/p+1. The third-order valence-electron chi connectivity index (χ3n) is 0.704. The Morgan fingerprint density at radius 3 is 2.75 bits per heavy atom. The van der Waals surface area contributed by atoms with E-state index in [4.69, 9.17) is 11.6 Å². The van der Waals surface area contributed by atoms with Crippen molar-refractivity contribution in [1.82, 2.24) is 5.32 Å². The smallest absolute Gasteiger partial charge is 0.232 e. The lowest BCUT2D eigenvalue weighted by Gasteiger charge is -1.90. The van der Waals surface area contributed by atoms with Gasteiger partial charge in [-0.25, -0.2) is 0 Å². The van der Waals surface area contributed by atoms with Crippen LogP contribution in [0.1, 0.15) is 6.92 Å². The maximum Gasteiger partial charge on any atom is 0.232 e. The van der Waals surface area contributed by atoms with Gasteiger partial charge < -0.3 is 0 Å². The van der Waals surface area contributed by atoms with Crippen molar-refractivity contribution in [3.05, 3.63) is 0 Å². The molecule has 1 N–H and O–H groups in total. The summed E-state index contributed by atoms with van der Waals surface area (Å²) < 4.78 is 1.87. The number of alkyl halides is 1. The molecule has 0 aliphatic rings. The van der Waals surface area contributed by atoms with E-state index in [0.29, 0.717) is 6.00 Å².